The number of nitrogens with two attached hydrogens (primary N) is 1. The highest BCUT2D eigenvalue weighted by atomic mass is 15.1. The van der Waals surface area contributed by atoms with Crippen molar-refractivity contribution in [2.24, 2.45) is 15.7 Å². The average Bonchev–Trinajstić information content (AvgIpc) is 1.60. The number of aromatic nitrogens is 5. The second kappa shape index (κ2) is 19.4. The molecule has 5 heterocycles. The van der Waals surface area contributed by atoms with Crippen molar-refractivity contribution in [2.45, 2.75) is 111 Å². The monoisotopic (exact) mass is 1110 g/mol. The lowest BCUT2D eigenvalue weighted by atomic mass is 9.34. The Balaban J connectivity index is 0.962. The van der Waals surface area contributed by atoms with E-state index in [-0.39, 0.29) is 28.4 Å². The Morgan fingerprint density at radius 1 is 0.447 bits per heavy atom. The number of hydrogen-bond donors (Lipinski definition) is 1. The van der Waals surface area contributed by atoms with Crippen molar-refractivity contribution >= 4 is 78.4 Å². The lowest BCUT2D eigenvalue weighted by Gasteiger charge is -2.33. The number of rotatable bonds is 7. The molecule has 85 heavy (non-hydrogen) atoms. The van der Waals surface area contributed by atoms with Gasteiger partial charge in [-0.15, -0.1) is 0 Å². The van der Waals surface area contributed by atoms with Crippen molar-refractivity contribution in [1.29, 1.82) is 0 Å². The lowest BCUT2D eigenvalue weighted by Crippen LogP contribution is -2.59. The number of para-hydroxylation sites is 2. The van der Waals surface area contributed by atoms with Crippen molar-refractivity contribution in [3.05, 3.63) is 227 Å². The largest absolute Gasteiger partial charge is 0.383 e. The van der Waals surface area contributed by atoms with Gasteiger partial charge in [-0.25, -0.2) is 19.9 Å². The first-order valence-corrected chi connectivity index (χ1v) is 29.9. The number of amidine groups is 2. The van der Waals surface area contributed by atoms with Gasteiger partial charge in [-0.2, -0.15) is 0 Å². The van der Waals surface area contributed by atoms with Crippen LogP contribution in [0.4, 0.5) is 0 Å². The Bertz CT molecular complexity index is 4670. The summed E-state index contributed by atoms with van der Waals surface area (Å²) in [5, 5.41) is 4.44. The van der Waals surface area contributed by atoms with Crippen LogP contribution in [-0.4, -0.2) is 42.5 Å². The minimum atomic E-state index is -0.124. The molecule has 14 rings (SSSR count). The van der Waals surface area contributed by atoms with Gasteiger partial charge in [0.05, 0.1) is 28.6 Å². The fraction of sp³-hybridized carbons (Fsp3) is 0.224. The lowest BCUT2D eigenvalue weighted by molar-refractivity contribution is 0.590. The molecule has 0 atom stereocenters. The molecule has 0 radical (unpaired) electrons. The first-order valence-electron chi connectivity index (χ1n) is 29.9. The molecule has 0 bridgehead atoms. The quantitative estimate of drug-likeness (QED) is 0.0976. The molecule has 0 saturated heterocycles. The molecular formula is C76H71BN8. The van der Waals surface area contributed by atoms with Gasteiger partial charge in [0.1, 0.15) is 5.84 Å². The van der Waals surface area contributed by atoms with Gasteiger partial charge in [-0.1, -0.05) is 247 Å². The van der Waals surface area contributed by atoms with E-state index in [1.54, 1.807) is 0 Å². The van der Waals surface area contributed by atoms with Crippen LogP contribution in [0.15, 0.2) is 198 Å². The van der Waals surface area contributed by atoms with Gasteiger partial charge in [0.25, 0.3) is 6.71 Å². The summed E-state index contributed by atoms with van der Waals surface area (Å²) in [6.07, 6.45) is 0. The van der Waals surface area contributed by atoms with E-state index in [4.69, 9.17) is 30.7 Å². The van der Waals surface area contributed by atoms with E-state index < -0.39 is 0 Å². The maximum Gasteiger partial charge on any atom is 0.252 e. The number of fused-ring (bicyclic) bond motifs is 10. The standard InChI is InChI=1S/C76H71BN8/c1-73(2,3)49-32-24-45(25-33-49)44-79-69(46-26-34-50(35-27-46)74(4,5)6)80-68(78)55-40-42-57-66-63(55)53-18-13-15-20-59(53)84(66)61-22-17-23-62-65(61)77(57)58-43-41-56(64-54-19-14-16-21-60(54)85(62)67(58)64)72-82-70(47-28-36-51(37-29-47)75(7,8)9)81-71(83-72)48-30-38-52(39-31-48)76(10,11)12/h13-43H,44H2,1-12H3,(H2,78,79,80). The fourth-order valence-corrected chi connectivity index (χ4v) is 13.1. The minimum Gasteiger partial charge on any atom is -0.383 e. The summed E-state index contributed by atoms with van der Waals surface area (Å²) < 4.78 is 4.98. The molecule has 3 aromatic heterocycles. The smallest absolute Gasteiger partial charge is 0.252 e. The molecule has 2 aliphatic rings. The molecule has 8 nitrogen and oxygen atoms in total. The average molecular weight is 1110 g/mol. The summed E-state index contributed by atoms with van der Waals surface area (Å²) in [5.41, 5.74) is 28.8. The van der Waals surface area contributed by atoms with Crippen LogP contribution < -0.4 is 22.1 Å². The highest BCUT2D eigenvalue weighted by molar-refractivity contribution is 7.00. The Morgan fingerprint density at radius 2 is 0.882 bits per heavy atom. The van der Waals surface area contributed by atoms with E-state index in [1.165, 1.54) is 38.6 Å². The second-order valence-corrected chi connectivity index (χ2v) is 27.6. The van der Waals surface area contributed by atoms with Crippen molar-refractivity contribution in [1.82, 2.24) is 24.1 Å². The van der Waals surface area contributed by atoms with Gasteiger partial charge in [-0.3, -0.25) is 4.99 Å². The second-order valence-electron chi connectivity index (χ2n) is 27.6. The molecule has 2 aliphatic heterocycles. The van der Waals surface area contributed by atoms with Gasteiger partial charge in [-0.05, 0) is 90.1 Å². The van der Waals surface area contributed by atoms with Crippen LogP contribution in [0.2, 0.25) is 0 Å². The van der Waals surface area contributed by atoms with Gasteiger partial charge in [0, 0.05) is 60.7 Å². The third-order valence-electron chi connectivity index (χ3n) is 17.8. The number of benzene rings is 9. The van der Waals surface area contributed by atoms with Gasteiger partial charge < -0.3 is 14.9 Å². The number of aliphatic imine (C=N–C) groups is 2. The van der Waals surface area contributed by atoms with E-state index in [2.05, 4.69) is 280 Å². The molecule has 0 fully saturated rings. The predicted molar refractivity (Wildman–Crippen MR) is 358 cm³/mol. The third kappa shape index (κ3) is 9.01. The summed E-state index contributed by atoms with van der Waals surface area (Å²) in [4.78, 5) is 26.7. The molecule has 9 aromatic carbocycles. The summed E-state index contributed by atoms with van der Waals surface area (Å²) in [6, 6.07) is 68.4. The van der Waals surface area contributed by atoms with E-state index in [9.17, 15) is 0 Å². The normalized spacial score (nSPS) is 13.6. The molecule has 9 heteroatoms. The molecular weight excluding hydrogens is 1040 g/mol. The first kappa shape index (κ1) is 53.8. The molecule has 418 valence electrons. The zero-order valence-electron chi connectivity index (χ0n) is 50.9. The van der Waals surface area contributed by atoms with Crippen molar-refractivity contribution in [3.63, 3.8) is 0 Å². The van der Waals surface area contributed by atoms with Gasteiger partial charge in [0.15, 0.2) is 23.3 Å². The summed E-state index contributed by atoms with van der Waals surface area (Å²) in [5.74, 6) is 2.91. The highest BCUT2D eigenvalue weighted by Gasteiger charge is 2.42. The molecule has 0 spiro atoms. The molecule has 0 saturated carbocycles. The minimum absolute atomic E-state index is 0.00152. The summed E-state index contributed by atoms with van der Waals surface area (Å²) in [7, 11) is 0. The van der Waals surface area contributed by atoms with Crippen LogP contribution in [0.25, 0.3) is 89.2 Å². The molecule has 0 aliphatic carbocycles. The molecule has 0 unspecified atom stereocenters. The summed E-state index contributed by atoms with van der Waals surface area (Å²) >= 11 is 0. The van der Waals surface area contributed by atoms with Crippen molar-refractivity contribution in [2.75, 3.05) is 0 Å². The Kier molecular flexibility index (Phi) is 12.3. The topological polar surface area (TPSA) is 99.3 Å². The maximum absolute atomic E-state index is 7.47. The Hall–Kier alpha value is -9.21. The van der Waals surface area contributed by atoms with E-state index in [1.807, 2.05) is 0 Å². The Morgan fingerprint density at radius 3 is 1.39 bits per heavy atom. The van der Waals surface area contributed by atoms with Crippen LogP contribution in [0.3, 0.4) is 0 Å². The van der Waals surface area contributed by atoms with Crippen molar-refractivity contribution in [3.8, 4) is 45.5 Å². The highest BCUT2D eigenvalue weighted by Crippen LogP contribution is 2.43. The van der Waals surface area contributed by atoms with Crippen LogP contribution in [0, 0.1) is 0 Å². The molecule has 12 aromatic rings. The van der Waals surface area contributed by atoms with Crippen LogP contribution >= 0.6 is 0 Å². The van der Waals surface area contributed by atoms with Gasteiger partial charge >= 0.3 is 0 Å². The predicted octanol–water partition coefficient (Wildman–Crippen LogP) is 15.8. The maximum atomic E-state index is 7.47. The van der Waals surface area contributed by atoms with E-state index >= 15 is 0 Å². The zero-order chi connectivity index (χ0) is 59.1. The van der Waals surface area contributed by atoms with Gasteiger partial charge in [0.2, 0.25) is 0 Å². The van der Waals surface area contributed by atoms with E-state index in [0.717, 1.165) is 88.4 Å². The molecule has 0 amide bonds. The fourth-order valence-electron chi connectivity index (χ4n) is 13.1. The SMILES string of the molecule is CC(C)(C)c1ccc(CN=C(N=C(N)c2ccc3c4c2c2ccccc2n4-c2cccc4c2B3c2ccc(-c3nc(-c5ccc(C(C)(C)C)cc5)nc(-c5ccc(C(C)(C)C)cc5)n3)c3c5ccccc5n-4c23)c2ccc(C(C)(C)C)cc2)cc1. The third-order valence-corrected chi connectivity index (χ3v) is 17.8. The van der Waals surface area contributed by atoms with Crippen molar-refractivity contribution < 1.29 is 0 Å². The number of nitrogens with zero attached hydrogens (tertiary/aromatic N) is 7. The van der Waals surface area contributed by atoms with Crippen LogP contribution in [0.1, 0.15) is 122 Å². The van der Waals surface area contributed by atoms with E-state index in [0.29, 0.717) is 35.7 Å². The van der Waals surface area contributed by atoms with Crippen LogP contribution in [0.5, 0.6) is 0 Å². The summed E-state index contributed by atoms with van der Waals surface area (Å²) in [6.45, 7) is 27.2. The number of hydrogen-bond acceptors (Lipinski definition) is 4. The van der Waals surface area contributed by atoms with Crippen LogP contribution in [-0.2, 0) is 28.2 Å². The molecule has 2 N–H and O–H groups in total. The first-order chi connectivity index (χ1) is 40.6. The zero-order valence-corrected chi connectivity index (χ0v) is 50.9. The Labute approximate surface area is 499 Å².